The van der Waals surface area contributed by atoms with Gasteiger partial charge in [-0.15, -0.1) is 0 Å². The standard InChI is InChI=1S/C10H9F3O/c1-5-3-4-7(6(2)8(5)11)9(14)10(12)13/h3-4,10H,1-2H3. The summed E-state index contributed by atoms with van der Waals surface area (Å²) in [5, 5.41) is 0. The van der Waals surface area contributed by atoms with Crippen molar-refractivity contribution in [1.82, 2.24) is 0 Å². The fraction of sp³-hybridized carbons (Fsp3) is 0.300. The largest absolute Gasteiger partial charge is 0.300 e. The number of rotatable bonds is 2. The van der Waals surface area contributed by atoms with Gasteiger partial charge in [0, 0.05) is 5.56 Å². The van der Waals surface area contributed by atoms with E-state index in [0.717, 1.165) is 0 Å². The topological polar surface area (TPSA) is 17.1 Å². The highest BCUT2D eigenvalue weighted by Crippen LogP contribution is 2.18. The van der Waals surface area contributed by atoms with Gasteiger partial charge in [0.1, 0.15) is 5.82 Å². The van der Waals surface area contributed by atoms with Crippen molar-refractivity contribution in [3.8, 4) is 0 Å². The van der Waals surface area contributed by atoms with E-state index in [1.807, 2.05) is 0 Å². The molecule has 4 heteroatoms. The van der Waals surface area contributed by atoms with E-state index in [0.29, 0.717) is 5.56 Å². The van der Waals surface area contributed by atoms with Gasteiger partial charge in [0.2, 0.25) is 5.78 Å². The minimum Gasteiger partial charge on any atom is -0.288 e. The molecule has 0 bridgehead atoms. The highest BCUT2D eigenvalue weighted by Gasteiger charge is 2.21. The molecule has 76 valence electrons. The van der Waals surface area contributed by atoms with Gasteiger partial charge in [-0.25, -0.2) is 13.2 Å². The minimum absolute atomic E-state index is 0.0182. The number of aryl methyl sites for hydroxylation is 1. The van der Waals surface area contributed by atoms with Crippen LogP contribution in [-0.4, -0.2) is 12.2 Å². The van der Waals surface area contributed by atoms with Gasteiger partial charge in [-0.2, -0.15) is 0 Å². The highest BCUT2D eigenvalue weighted by atomic mass is 19.3. The molecule has 0 N–H and O–H groups in total. The van der Waals surface area contributed by atoms with E-state index in [1.54, 1.807) is 0 Å². The molecule has 0 amide bonds. The van der Waals surface area contributed by atoms with Gasteiger partial charge < -0.3 is 0 Å². The molecule has 0 aliphatic carbocycles. The zero-order chi connectivity index (χ0) is 10.9. The van der Waals surface area contributed by atoms with Crippen LogP contribution in [0, 0.1) is 19.7 Å². The third kappa shape index (κ3) is 1.78. The van der Waals surface area contributed by atoms with Gasteiger partial charge in [-0.3, -0.25) is 4.79 Å². The van der Waals surface area contributed by atoms with Gasteiger partial charge in [0.25, 0.3) is 0 Å². The molecule has 14 heavy (non-hydrogen) atoms. The monoisotopic (exact) mass is 202 g/mol. The van der Waals surface area contributed by atoms with Gasteiger partial charge >= 0.3 is 6.43 Å². The van der Waals surface area contributed by atoms with Crippen LogP contribution in [0.15, 0.2) is 12.1 Å². The predicted molar refractivity (Wildman–Crippen MR) is 46.2 cm³/mol. The summed E-state index contributed by atoms with van der Waals surface area (Å²) >= 11 is 0. The number of benzene rings is 1. The van der Waals surface area contributed by atoms with E-state index >= 15 is 0 Å². The Kier molecular flexibility index (Phi) is 2.93. The molecule has 0 aliphatic rings. The second-order valence-electron chi connectivity index (χ2n) is 3.03. The van der Waals surface area contributed by atoms with Crippen molar-refractivity contribution in [2.75, 3.05) is 0 Å². The van der Waals surface area contributed by atoms with Crippen molar-refractivity contribution in [3.63, 3.8) is 0 Å². The van der Waals surface area contributed by atoms with Crippen molar-refractivity contribution in [1.29, 1.82) is 0 Å². The number of hydrogen-bond acceptors (Lipinski definition) is 1. The Labute approximate surface area is 79.5 Å². The normalized spacial score (nSPS) is 10.7. The van der Waals surface area contributed by atoms with Crippen LogP contribution in [0.1, 0.15) is 21.5 Å². The maximum absolute atomic E-state index is 13.2. The second kappa shape index (κ2) is 3.82. The molecular weight excluding hydrogens is 193 g/mol. The number of carbonyl (C=O) groups excluding carboxylic acids is 1. The van der Waals surface area contributed by atoms with Crippen molar-refractivity contribution in [2.45, 2.75) is 20.3 Å². The molecule has 0 atom stereocenters. The number of hydrogen-bond donors (Lipinski definition) is 0. The number of alkyl halides is 2. The van der Waals surface area contributed by atoms with E-state index in [-0.39, 0.29) is 11.1 Å². The lowest BCUT2D eigenvalue weighted by Gasteiger charge is -2.06. The number of Topliss-reactive ketones (excluding diaryl/α,β-unsaturated/α-hetero) is 1. The molecule has 0 aromatic heterocycles. The molecule has 0 radical (unpaired) electrons. The Morgan fingerprint density at radius 1 is 1.29 bits per heavy atom. The summed E-state index contributed by atoms with van der Waals surface area (Å²) in [5.74, 6) is -1.93. The molecule has 0 aliphatic heterocycles. The van der Waals surface area contributed by atoms with E-state index in [1.165, 1.54) is 26.0 Å². The number of halogens is 3. The lowest BCUT2D eigenvalue weighted by atomic mass is 10.0. The first-order chi connectivity index (χ1) is 6.45. The summed E-state index contributed by atoms with van der Waals surface area (Å²) < 4.78 is 37.3. The summed E-state index contributed by atoms with van der Waals surface area (Å²) in [6.07, 6.45) is -3.09. The molecule has 1 nitrogen and oxygen atoms in total. The molecule has 0 saturated heterocycles. The molecule has 0 fully saturated rings. The molecule has 0 saturated carbocycles. The first-order valence-electron chi connectivity index (χ1n) is 4.03. The molecule has 0 heterocycles. The van der Waals surface area contributed by atoms with Crippen LogP contribution >= 0.6 is 0 Å². The van der Waals surface area contributed by atoms with E-state index in [9.17, 15) is 18.0 Å². The van der Waals surface area contributed by atoms with Gasteiger partial charge in [0.05, 0.1) is 0 Å². The van der Waals surface area contributed by atoms with Crippen molar-refractivity contribution < 1.29 is 18.0 Å². The minimum atomic E-state index is -3.09. The second-order valence-corrected chi connectivity index (χ2v) is 3.03. The van der Waals surface area contributed by atoms with Crippen LogP contribution in [0.25, 0.3) is 0 Å². The average Bonchev–Trinajstić information content (AvgIpc) is 2.13. The zero-order valence-corrected chi connectivity index (χ0v) is 7.77. The smallest absolute Gasteiger partial charge is 0.288 e. The van der Waals surface area contributed by atoms with Crippen LogP contribution in [0.4, 0.5) is 13.2 Å². The fourth-order valence-corrected chi connectivity index (χ4v) is 1.20. The third-order valence-electron chi connectivity index (χ3n) is 2.04. The van der Waals surface area contributed by atoms with E-state index < -0.39 is 18.0 Å². The molecule has 0 unspecified atom stereocenters. The lowest BCUT2D eigenvalue weighted by molar-refractivity contribution is 0.0677. The van der Waals surface area contributed by atoms with Crippen molar-refractivity contribution in [2.24, 2.45) is 0 Å². The summed E-state index contributed by atoms with van der Waals surface area (Å²) in [4.78, 5) is 10.9. The SMILES string of the molecule is Cc1ccc(C(=O)C(F)F)c(C)c1F. The Morgan fingerprint density at radius 3 is 2.36 bits per heavy atom. The average molecular weight is 202 g/mol. The lowest BCUT2D eigenvalue weighted by Crippen LogP contribution is -2.13. The molecule has 1 aromatic rings. The van der Waals surface area contributed by atoms with Gasteiger partial charge in [0.15, 0.2) is 0 Å². The zero-order valence-electron chi connectivity index (χ0n) is 7.77. The van der Waals surface area contributed by atoms with Crippen molar-refractivity contribution in [3.05, 3.63) is 34.6 Å². The summed E-state index contributed by atoms with van der Waals surface area (Å²) in [7, 11) is 0. The summed E-state index contributed by atoms with van der Waals surface area (Å²) in [6.45, 7) is 2.83. The number of ketones is 1. The maximum atomic E-state index is 13.2. The van der Waals surface area contributed by atoms with Crippen LogP contribution in [0.3, 0.4) is 0 Å². The van der Waals surface area contributed by atoms with Crippen molar-refractivity contribution >= 4 is 5.78 Å². The first kappa shape index (κ1) is 10.8. The maximum Gasteiger partial charge on any atom is 0.300 e. The van der Waals surface area contributed by atoms with Crippen LogP contribution < -0.4 is 0 Å². The first-order valence-corrected chi connectivity index (χ1v) is 4.03. The Bertz CT molecular complexity index is 372. The Morgan fingerprint density at radius 2 is 1.86 bits per heavy atom. The third-order valence-corrected chi connectivity index (χ3v) is 2.04. The summed E-state index contributed by atoms with van der Waals surface area (Å²) in [5.41, 5.74) is 0.0757. The number of carbonyl (C=O) groups is 1. The molecule has 0 spiro atoms. The molecular formula is C10H9F3O. The van der Waals surface area contributed by atoms with Gasteiger partial charge in [-0.1, -0.05) is 12.1 Å². The fourth-order valence-electron chi connectivity index (χ4n) is 1.20. The summed E-state index contributed by atoms with van der Waals surface area (Å²) in [6, 6.07) is 2.54. The Hall–Kier alpha value is -1.32. The van der Waals surface area contributed by atoms with Crippen LogP contribution in [0.2, 0.25) is 0 Å². The Balaban J connectivity index is 3.24. The van der Waals surface area contributed by atoms with Crippen LogP contribution in [-0.2, 0) is 0 Å². The van der Waals surface area contributed by atoms with Crippen LogP contribution in [0.5, 0.6) is 0 Å². The predicted octanol–water partition coefficient (Wildman–Crippen LogP) is 2.89. The van der Waals surface area contributed by atoms with E-state index in [4.69, 9.17) is 0 Å². The highest BCUT2D eigenvalue weighted by molar-refractivity contribution is 5.99. The quantitative estimate of drug-likeness (QED) is 0.674. The molecule has 1 rings (SSSR count). The molecule has 1 aromatic carbocycles. The van der Waals surface area contributed by atoms with E-state index in [2.05, 4.69) is 0 Å². The van der Waals surface area contributed by atoms with Gasteiger partial charge in [-0.05, 0) is 25.0 Å².